The highest BCUT2D eigenvalue weighted by Crippen LogP contribution is 2.20. The second-order valence-corrected chi connectivity index (χ2v) is 6.07. The van der Waals surface area contributed by atoms with Crippen molar-refractivity contribution in [1.82, 2.24) is 9.71 Å². The Bertz CT molecular complexity index is 730. The first-order valence-electron chi connectivity index (χ1n) is 6.35. The minimum Gasteiger partial charge on any atom is -0.256 e. The van der Waals surface area contributed by atoms with E-state index in [9.17, 15) is 8.42 Å². The number of sulfonamides is 1. The maximum Gasteiger partial charge on any atom is 0.241 e. The van der Waals surface area contributed by atoms with Crippen molar-refractivity contribution in [2.45, 2.75) is 24.2 Å². The summed E-state index contributed by atoms with van der Waals surface area (Å²) in [5, 5.41) is 9.04. The van der Waals surface area contributed by atoms with E-state index >= 15 is 0 Å². The minimum atomic E-state index is -3.55. The lowest BCUT2D eigenvalue weighted by Crippen LogP contribution is -2.25. The smallest absolute Gasteiger partial charge is 0.241 e. The van der Waals surface area contributed by atoms with E-state index in [1.807, 2.05) is 6.07 Å². The van der Waals surface area contributed by atoms with Gasteiger partial charge in [-0.3, -0.25) is 4.98 Å². The van der Waals surface area contributed by atoms with Crippen LogP contribution < -0.4 is 4.72 Å². The Morgan fingerprint density at radius 2 is 2.05 bits per heavy atom. The molecule has 0 saturated carbocycles. The van der Waals surface area contributed by atoms with Gasteiger partial charge in [0.25, 0.3) is 0 Å². The third-order valence-corrected chi connectivity index (χ3v) is 4.42. The van der Waals surface area contributed by atoms with Gasteiger partial charge in [-0.05, 0) is 37.1 Å². The number of rotatable bonds is 6. The fourth-order valence-electron chi connectivity index (χ4n) is 1.92. The molecule has 0 fully saturated rings. The molecule has 5 nitrogen and oxygen atoms in total. The third kappa shape index (κ3) is 3.32. The molecule has 0 amide bonds. The second-order valence-electron chi connectivity index (χ2n) is 4.34. The molecule has 0 aliphatic rings. The molecule has 0 aliphatic heterocycles. The highest BCUT2D eigenvalue weighted by Gasteiger charge is 2.16. The summed E-state index contributed by atoms with van der Waals surface area (Å²) < 4.78 is 27.1. The summed E-state index contributed by atoms with van der Waals surface area (Å²) in [6.45, 7) is 0.334. The van der Waals surface area contributed by atoms with Crippen LogP contribution in [0.3, 0.4) is 0 Å². The number of nitrogens with zero attached hydrogens (tertiary/aromatic N) is 2. The summed E-state index contributed by atoms with van der Waals surface area (Å²) in [5.74, 6) is 0. The van der Waals surface area contributed by atoms with Gasteiger partial charge in [-0.1, -0.05) is 6.07 Å². The predicted octanol–water partition coefficient (Wildman–Crippen LogP) is 2.21. The van der Waals surface area contributed by atoms with Crippen LogP contribution in [-0.2, 0) is 10.0 Å². The Kier molecular flexibility index (Phi) is 4.66. The van der Waals surface area contributed by atoms with Crippen LogP contribution in [0.15, 0.2) is 41.4 Å². The molecule has 104 valence electrons. The Morgan fingerprint density at radius 1 is 1.20 bits per heavy atom. The fourth-order valence-corrected chi connectivity index (χ4v) is 3.21. The Balaban J connectivity index is 2.18. The summed E-state index contributed by atoms with van der Waals surface area (Å²) in [4.78, 5) is 4.39. The fraction of sp³-hybridized carbons (Fsp3) is 0.286. The van der Waals surface area contributed by atoms with Crippen LogP contribution in [0, 0.1) is 11.3 Å². The highest BCUT2D eigenvalue weighted by molar-refractivity contribution is 7.89. The second kappa shape index (κ2) is 6.46. The standard InChI is InChI=1S/C14H15N3O2S/c15-9-2-1-3-11-17-20(18,19)14-8-4-7-13-12(14)6-5-10-16-13/h4-8,10,17H,1-3,11H2. The lowest BCUT2D eigenvalue weighted by Gasteiger charge is -2.08. The van der Waals surface area contributed by atoms with E-state index in [1.165, 1.54) is 0 Å². The molecule has 1 heterocycles. The molecule has 0 saturated heterocycles. The summed E-state index contributed by atoms with van der Waals surface area (Å²) in [6, 6.07) is 10.5. The van der Waals surface area contributed by atoms with Crippen LogP contribution in [0.4, 0.5) is 0 Å². The van der Waals surface area contributed by atoms with Crippen molar-refractivity contribution < 1.29 is 8.42 Å². The Hall–Kier alpha value is -1.97. The zero-order valence-electron chi connectivity index (χ0n) is 10.9. The molecule has 20 heavy (non-hydrogen) atoms. The van der Waals surface area contributed by atoms with Crippen molar-refractivity contribution in [3.8, 4) is 6.07 Å². The molecule has 1 aromatic heterocycles. The van der Waals surface area contributed by atoms with Gasteiger partial charge in [-0.2, -0.15) is 5.26 Å². The zero-order chi connectivity index (χ0) is 14.4. The molecule has 1 N–H and O–H groups in total. The number of benzene rings is 1. The van der Waals surface area contributed by atoms with Crippen LogP contribution in [-0.4, -0.2) is 19.9 Å². The van der Waals surface area contributed by atoms with Gasteiger partial charge < -0.3 is 0 Å². The molecular formula is C14H15N3O2S. The van der Waals surface area contributed by atoms with E-state index in [1.54, 1.807) is 36.5 Å². The van der Waals surface area contributed by atoms with Gasteiger partial charge in [-0.25, -0.2) is 13.1 Å². The number of nitrogens with one attached hydrogen (secondary N) is 1. The summed E-state index contributed by atoms with van der Waals surface area (Å²) in [7, 11) is -3.55. The molecule has 0 spiro atoms. The van der Waals surface area contributed by atoms with Gasteiger partial charge in [0.05, 0.1) is 16.5 Å². The first-order valence-corrected chi connectivity index (χ1v) is 7.84. The number of hydrogen-bond acceptors (Lipinski definition) is 4. The minimum absolute atomic E-state index is 0.239. The maximum absolute atomic E-state index is 12.3. The highest BCUT2D eigenvalue weighted by atomic mass is 32.2. The number of aromatic nitrogens is 1. The van der Waals surface area contributed by atoms with Gasteiger partial charge in [0.1, 0.15) is 0 Å². The molecule has 0 unspecified atom stereocenters. The molecule has 6 heteroatoms. The molecule has 2 aromatic rings. The first-order chi connectivity index (χ1) is 9.65. The first kappa shape index (κ1) is 14.4. The van der Waals surface area contributed by atoms with Gasteiger partial charge in [0, 0.05) is 24.5 Å². The largest absolute Gasteiger partial charge is 0.256 e. The van der Waals surface area contributed by atoms with Crippen molar-refractivity contribution in [2.75, 3.05) is 6.54 Å². The molecule has 2 rings (SSSR count). The zero-order valence-corrected chi connectivity index (χ0v) is 11.7. The summed E-state index contributed by atoms with van der Waals surface area (Å²) in [5.41, 5.74) is 0.653. The number of hydrogen-bond donors (Lipinski definition) is 1. The van der Waals surface area contributed by atoms with E-state index in [0.29, 0.717) is 36.7 Å². The average molecular weight is 289 g/mol. The van der Waals surface area contributed by atoms with Crippen LogP contribution in [0.5, 0.6) is 0 Å². The quantitative estimate of drug-likeness (QED) is 0.826. The number of nitriles is 1. The normalized spacial score (nSPS) is 11.3. The van der Waals surface area contributed by atoms with Crippen molar-refractivity contribution in [3.05, 3.63) is 36.5 Å². The molecule has 0 bridgehead atoms. The van der Waals surface area contributed by atoms with Crippen LogP contribution in [0.25, 0.3) is 10.9 Å². The molecule has 0 atom stereocenters. The SMILES string of the molecule is N#CCCCCNS(=O)(=O)c1cccc2ncccc12. The lowest BCUT2D eigenvalue weighted by atomic mass is 10.2. The van der Waals surface area contributed by atoms with Crippen molar-refractivity contribution in [1.29, 1.82) is 5.26 Å². The predicted molar refractivity (Wildman–Crippen MR) is 76.4 cm³/mol. The number of pyridine rings is 1. The van der Waals surface area contributed by atoms with E-state index < -0.39 is 10.0 Å². The van der Waals surface area contributed by atoms with E-state index in [2.05, 4.69) is 9.71 Å². The summed E-state index contributed by atoms with van der Waals surface area (Å²) >= 11 is 0. The van der Waals surface area contributed by atoms with E-state index in [-0.39, 0.29) is 4.90 Å². The molecular weight excluding hydrogens is 274 g/mol. The number of unbranched alkanes of at least 4 members (excludes halogenated alkanes) is 2. The van der Waals surface area contributed by atoms with E-state index in [0.717, 1.165) is 0 Å². The monoisotopic (exact) mass is 289 g/mol. The van der Waals surface area contributed by atoms with Crippen LogP contribution >= 0.6 is 0 Å². The van der Waals surface area contributed by atoms with Crippen molar-refractivity contribution >= 4 is 20.9 Å². The number of fused-ring (bicyclic) bond motifs is 1. The lowest BCUT2D eigenvalue weighted by molar-refractivity contribution is 0.578. The van der Waals surface area contributed by atoms with Gasteiger partial charge in [0.2, 0.25) is 10.0 Å². The molecule has 0 radical (unpaired) electrons. The van der Waals surface area contributed by atoms with E-state index in [4.69, 9.17) is 5.26 Å². The third-order valence-electron chi connectivity index (χ3n) is 2.90. The maximum atomic E-state index is 12.3. The van der Waals surface area contributed by atoms with Crippen molar-refractivity contribution in [2.24, 2.45) is 0 Å². The summed E-state index contributed by atoms with van der Waals surface area (Å²) in [6.07, 6.45) is 3.42. The topological polar surface area (TPSA) is 82.9 Å². The molecule has 0 aliphatic carbocycles. The van der Waals surface area contributed by atoms with Crippen LogP contribution in [0.1, 0.15) is 19.3 Å². The van der Waals surface area contributed by atoms with Gasteiger partial charge in [-0.15, -0.1) is 0 Å². The Morgan fingerprint density at radius 3 is 2.85 bits per heavy atom. The Labute approximate surface area is 118 Å². The van der Waals surface area contributed by atoms with Crippen molar-refractivity contribution in [3.63, 3.8) is 0 Å². The van der Waals surface area contributed by atoms with Gasteiger partial charge >= 0.3 is 0 Å². The van der Waals surface area contributed by atoms with Crippen LogP contribution in [0.2, 0.25) is 0 Å². The molecule has 1 aromatic carbocycles. The average Bonchev–Trinajstić information content (AvgIpc) is 2.46. The van der Waals surface area contributed by atoms with Gasteiger partial charge in [0.15, 0.2) is 0 Å².